The smallest absolute Gasteiger partial charge is 0.302 e. The summed E-state index contributed by atoms with van der Waals surface area (Å²) in [6.07, 6.45) is -0.0469. The van der Waals surface area contributed by atoms with Crippen LogP contribution in [0.4, 0.5) is 8.28 Å². The molecule has 0 saturated carbocycles. The third-order valence-electron chi connectivity index (χ3n) is 3.35. The van der Waals surface area contributed by atoms with Crippen LogP contribution in [-0.2, 0) is 21.6 Å². The molecule has 5 nitrogen and oxygen atoms in total. The molecular formula is C13H15F2NO4S. The van der Waals surface area contributed by atoms with Crippen LogP contribution in [0.2, 0.25) is 0 Å². The standard InChI is InChI=1S/C13H15F2NO4S/c1-20-11-4-2-3-10(13(11)14)7-16-6-9(5-12(16)17)8-21(15,18)19/h2-4,9H,5-8H2,1H3. The highest BCUT2D eigenvalue weighted by Crippen LogP contribution is 2.25. The number of hydrogen-bond donors (Lipinski definition) is 0. The first-order chi connectivity index (χ1) is 9.80. The molecule has 1 atom stereocenters. The molecule has 116 valence electrons. The maximum Gasteiger partial charge on any atom is 0.302 e. The topological polar surface area (TPSA) is 63.7 Å². The summed E-state index contributed by atoms with van der Waals surface area (Å²) < 4.78 is 52.8. The second-order valence-corrected chi connectivity index (χ2v) is 6.39. The maximum atomic E-state index is 14.0. The highest BCUT2D eigenvalue weighted by molar-refractivity contribution is 7.86. The zero-order chi connectivity index (χ0) is 15.6. The van der Waals surface area contributed by atoms with Gasteiger partial charge >= 0.3 is 10.2 Å². The van der Waals surface area contributed by atoms with Gasteiger partial charge in [0, 0.05) is 31.0 Å². The third-order valence-corrected chi connectivity index (χ3v) is 4.22. The van der Waals surface area contributed by atoms with Gasteiger partial charge in [0.25, 0.3) is 0 Å². The van der Waals surface area contributed by atoms with Crippen molar-refractivity contribution in [1.82, 2.24) is 4.90 Å². The Morgan fingerprint density at radius 1 is 1.43 bits per heavy atom. The number of benzene rings is 1. The Bertz CT molecular complexity index is 648. The van der Waals surface area contributed by atoms with Crippen LogP contribution in [0.25, 0.3) is 0 Å². The number of likely N-dealkylation sites (tertiary alicyclic amines) is 1. The van der Waals surface area contributed by atoms with Crippen LogP contribution < -0.4 is 4.74 Å². The molecule has 1 heterocycles. The second kappa shape index (κ2) is 5.97. The number of nitrogens with zero attached hydrogens (tertiary/aromatic N) is 1. The molecule has 1 aliphatic heterocycles. The van der Waals surface area contributed by atoms with Crippen LogP contribution in [0.15, 0.2) is 18.2 Å². The molecule has 2 rings (SSSR count). The van der Waals surface area contributed by atoms with Crippen molar-refractivity contribution in [2.45, 2.75) is 13.0 Å². The van der Waals surface area contributed by atoms with Crippen LogP contribution in [0.3, 0.4) is 0 Å². The summed E-state index contributed by atoms with van der Waals surface area (Å²) in [4.78, 5) is 13.1. The first-order valence-electron chi connectivity index (χ1n) is 6.31. The highest BCUT2D eigenvalue weighted by Gasteiger charge is 2.33. The number of rotatable bonds is 5. The molecule has 0 aliphatic carbocycles. The fraction of sp³-hybridized carbons (Fsp3) is 0.462. The second-order valence-electron chi connectivity index (χ2n) is 4.98. The molecular weight excluding hydrogens is 304 g/mol. The zero-order valence-corrected chi connectivity index (χ0v) is 12.2. The van der Waals surface area contributed by atoms with E-state index < -0.39 is 27.7 Å². The van der Waals surface area contributed by atoms with E-state index >= 15 is 0 Å². The number of amides is 1. The Labute approximate surface area is 121 Å². The summed E-state index contributed by atoms with van der Waals surface area (Å²) in [7, 11) is -3.28. The Kier molecular flexibility index (Phi) is 4.46. The third kappa shape index (κ3) is 3.90. The van der Waals surface area contributed by atoms with E-state index in [1.807, 2.05) is 0 Å². The summed E-state index contributed by atoms with van der Waals surface area (Å²) >= 11 is 0. The van der Waals surface area contributed by atoms with E-state index in [-0.39, 0.29) is 36.7 Å². The molecule has 1 amide bonds. The van der Waals surface area contributed by atoms with Crippen molar-refractivity contribution < 1.29 is 26.2 Å². The molecule has 8 heteroatoms. The fourth-order valence-electron chi connectivity index (χ4n) is 2.44. The SMILES string of the molecule is COc1cccc(CN2CC(CS(=O)(=O)F)CC2=O)c1F. The average Bonchev–Trinajstić information content (AvgIpc) is 2.70. The summed E-state index contributed by atoms with van der Waals surface area (Å²) in [6, 6.07) is 4.58. The number of carbonyl (C=O) groups is 1. The molecule has 1 unspecified atom stereocenters. The molecule has 0 aromatic heterocycles. The van der Waals surface area contributed by atoms with Gasteiger partial charge in [-0.25, -0.2) is 4.39 Å². The normalized spacial score (nSPS) is 19.1. The van der Waals surface area contributed by atoms with E-state index in [0.29, 0.717) is 0 Å². The number of methoxy groups -OCH3 is 1. The summed E-state index contributed by atoms with van der Waals surface area (Å²) in [5, 5.41) is 0. The first kappa shape index (κ1) is 15.7. The van der Waals surface area contributed by atoms with Crippen LogP contribution in [0.5, 0.6) is 5.75 Å². The van der Waals surface area contributed by atoms with Gasteiger partial charge in [-0.05, 0) is 6.07 Å². The van der Waals surface area contributed by atoms with E-state index in [1.165, 1.54) is 24.1 Å². The van der Waals surface area contributed by atoms with Gasteiger partial charge in [0.15, 0.2) is 11.6 Å². The predicted molar refractivity (Wildman–Crippen MR) is 71.4 cm³/mol. The molecule has 0 spiro atoms. The minimum Gasteiger partial charge on any atom is -0.494 e. The van der Waals surface area contributed by atoms with Crippen molar-refractivity contribution in [2.24, 2.45) is 5.92 Å². The van der Waals surface area contributed by atoms with Gasteiger partial charge in [-0.1, -0.05) is 12.1 Å². The monoisotopic (exact) mass is 319 g/mol. The summed E-state index contributed by atoms with van der Waals surface area (Å²) in [5.41, 5.74) is 0.270. The van der Waals surface area contributed by atoms with Gasteiger partial charge in [0.1, 0.15) is 0 Å². The van der Waals surface area contributed by atoms with E-state index in [4.69, 9.17) is 4.74 Å². The molecule has 1 fully saturated rings. The van der Waals surface area contributed by atoms with Crippen molar-refractivity contribution in [3.05, 3.63) is 29.6 Å². The summed E-state index contributed by atoms with van der Waals surface area (Å²) in [6.45, 7) is 0.101. The Hall–Kier alpha value is -1.70. The lowest BCUT2D eigenvalue weighted by molar-refractivity contribution is -0.128. The van der Waals surface area contributed by atoms with Gasteiger partial charge in [-0.15, -0.1) is 3.89 Å². The lowest BCUT2D eigenvalue weighted by Crippen LogP contribution is -2.26. The number of carbonyl (C=O) groups excluding carboxylic acids is 1. The summed E-state index contributed by atoms with van der Waals surface area (Å²) in [5.74, 6) is -2.08. The largest absolute Gasteiger partial charge is 0.494 e. The van der Waals surface area contributed by atoms with Gasteiger partial charge in [-0.3, -0.25) is 4.79 Å². The van der Waals surface area contributed by atoms with E-state index in [2.05, 4.69) is 0 Å². The van der Waals surface area contributed by atoms with Crippen molar-refractivity contribution in [3.63, 3.8) is 0 Å². The molecule has 1 aromatic carbocycles. The van der Waals surface area contributed by atoms with Crippen LogP contribution in [-0.4, -0.2) is 38.6 Å². The Morgan fingerprint density at radius 3 is 2.76 bits per heavy atom. The predicted octanol–water partition coefficient (Wildman–Crippen LogP) is 1.48. The lowest BCUT2D eigenvalue weighted by atomic mass is 10.1. The van der Waals surface area contributed by atoms with Crippen molar-refractivity contribution in [1.29, 1.82) is 0 Å². The molecule has 21 heavy (non-hydrogen) atoms. The van der Waals surface area contributed by atoms with E-state index in [1.54, 1.807) is 6.07 Å². The highest BCUT2D eigenvalue weighted by atomic mass is 32.3. The minimum atomic E-state index is -4.62. The van der Waals surface area contributed by atoms with Gasteiger partial charge in [-0.2, -0.15) is 8.42 Å². The molecule has 1 aromatic rings. The molecule has 0 bridgehead atoms. The average molecular weight is 319 g/mol. The molecule has 0 N–H and O–H groups in total. The Morgan fingerprint density at radius 2 is 2.14 bits per heavy atom. The quantitative estimate of drug-likeness (QED) is 0.771. The van der Waals surface area contributed by atoms with Crippen LogP contribution in [0, 0.1) is 11.7 Å². The van der Waals surface area contributed by atoms with Crippen molar-refractivity contribution in [3.8, 4) is 5.75 Å². The molecule has 1 saturated heterocycles. The number of halogens is 2. The molecule has 1 aliphatic rings. The van der Waals surface area contributed by atoms with Gasteiger partial charge in [0.05, 0.1) is 12.9 Å². The minimum absolute atomic E-state index is 0.00466. The fourth-order valence-corrected chi connectivity index (χ4v) is 3.23. The van der Waals surface area contributed by atoms with Gasteiger partial charge < -0.3 is 9.64 Å². The Balaban J connectivity index is 2.09. The van der Waals surface area contributed by atoms with Gasteiger partial charge in [0.2, 0.25) is 5.91 Å². The van der Waals surface area contributed by atoms with E-state index in [9.17, 15) is 21.5 Å². The molecule has 0 radical (unpaired) electrons. The number of hydrogen-bond acceptors (Lipinski definition) is 4. The van der Waals surface area contributed by atoms with Crippen LogP contribution >= 0.6 is 0 Å². The number of ether oxygens (including phenoxy) is 1. The zero-order valence-electron chi connectivity index (χ0n) is 11.4. The first-order valence-corrected chi connectivity index (χ1v) is 7.87. The lowest BCUT2D eigenvalue weighted by Gasteiger charge is -2.17. The van der Waals surface area contributed by atoms with Crippen molar-refractivity contribution in [2.75, 3.05) is 19.4 Å². The maximum absolute atomic E-state index is 14.0. The van der Waals surface area contributed by atoms with E-state index in [0.717, 1.165) is 0 Å². The van der Waals surface area contributed by atoms with Crippen molar-refractivity contribution >= 4 is 16.1 Å². The van der Waals surface area contributed by atoms with Crippen LogP contribution in [0.1, 0.15) is 12.0 Å².